The van der Waals surface area contributed by atoms with E-state index in [-0.39, 0.29) is 22.8 Å². The molecule has 1 aromatic rings. The Hall–Kier alpha value is -1.47. The van der Waals surface area contributed by atoms with Crippen LogP contribution in [0.1, 0.15) is 44.2 Å². The number of carbonyl (C=O) groups excluding carboxylic acids is 1. The summed E-state index contributed by atoms with van der Waals surface area (Å²) in [6.45, 7) is 7.75. The summed E-state index contributed by atoms with van der Waals surface area (Å²) in [5.74, 6) is -0.0757. The zero-order chi connectivity index (χ0) is 15.5. The number of nitrogens with zero attached hydrogens (tertiary/aromatic N) is 3. The molecule has 1 aliphatic rings. The average Bonchev–Trinajstić information content (AvgIpc) is 3.05. The van der Waals surface area contributed by atoms with Gasteiger partial charge in [0.2, 0.25) is 5.82 Å². The molecule has 0 saturated carbocycles. The number of hydrogen-bond acceptors (Lipinski definition) is 5. The van der Waals surface area contributed by atoms with Gasteiger partial charge in [0, 0.05) is 20.3 Å². The predicted octanol–water partition coefficient (Wildman–Crippen LogP) is 0.958. The molecule has 1 atom stereocenters. The van der Waals surface area contributed by atoms with Gasteiger partial charge in [-0.15, -0.1) is 5.10 Å². The highest BCUT2D eigenvalue weighted by Gasteiger charge is 2.37. The van der Waals surface area contributed by atoms with Crippen LogP contribution in [0.25, 0.3) is 0 Å². The fraction of sp³-hybridized carbons (Fsp3) is 0.786. The molecule has 7 heteroatoms. The molecule has 0 bridgehead atoms. The van der Waals surface area contributed by atoms with Gasteiger partial charge in [-0.2, -0.15) is 0 Å². The van der Waals surface area contributed by atoms with E-state index in [1.54, 1.807) is 18.1 Å². The molecule has 1 fully saturated rings. The fourth-order valence-electron chi connectivity index (χ4n) is 2.25. The largest absolute Gasteiger partial charge is 0.385 e. The topological polar surface area (TPSA) is 78.3 Å². The van der Waals surface area contributed by atoms with Crippen molar-refractivity contribution in [2.75, 3.05) is 26.9 Å². The number of hydrogen-bond donors (Lipinski definition) is 1. The molecule has 1 aliphatic heterocycles. The number of ether oxygens (including phenoxy) is 2. The molecular weight excluding hydrogens is 272 g/mol. The predicted molar refractivity (Wildman–Crippen MR) is 77.1 cm³/mol. The highest BCUT2D eigenvalue weighted by atomic mass is 16.5. The highest BCUT2D eigenvalue weighted by Crippen LogP contribution is 2.23. The van der Waals surface area contributed by atoms with Gasteiger partial charge in [-0.1, -0.05) is 0 Å². The summed E-state index contributed by atoms with van der Waals surface area (Å²) in [6.07, 6.45) is 3.08. The smallest absolute Gasteiger partial charge is 0.291 e. The van der Waals surface area contributed by atoms with Gasteiger partial charge in [-0.25, -0.2) is 9.67 Å². The first-order valence-corrected chi connectivity index (χ1v) is 7.18. The summed E-state index contributed by atoms with van der Waals surface area (Å²) in [4.78, 5) is 16.5. The van der Waals surface area contributed by atoms with Crippen molar-refractivity contribution < 1.29 is 14.3 Å². The van der Waals surface area contributed by atoms with Crippen molar-refractivity contribution in [3.8, 4) is 0 Å². The van der Waals surface area contributed by atoms with E-state index in [2.05, 4.69) is 15.4 Å². The van der Waals surface area contributed by atoms with Gasteiger partial charge in [-0.3, -0.25) is 4.79 Å². The molecule has 2 heterocycles. The molecule has 0 radical (unpaired) electrons. The Morgan fingerprint density at radius 1 is 1.57 bits per heavy atom. The standard InChI is InChI=1S/C14H24N4O3/c1-13(2,3)18-10-15-11(17-18)12(19)16-14(5-7-20-4)6-8-21-9-14/h10H,5-9H2,1-4H3,(H,16,19). The van der Waals surface area contributed by atoms with Crippen LogP contribution >= 0.6 is 0 Å². The molecule has 2 rings (SSSR count). The lowest BCUT2D eigenvalue weighted by atomic mass is 9.94. The van der Waals surface area contributed by atoms with Crippen molar-refractivity contribution in [2.45, 2.75) is 44.7 Å². The van der Waals surface area contributed by atoms with E-state index >= 15 is 0 Å². The van der Waals surface area contributed by atoms with Gasteiger partial charge < -0.3 is 14.8 Å². The number of amides is 1. The van der Waals surface area contributed by atoms with Crippen LogP contribution in [0.4, 0.5) is 0 Å². The van der Waals surface area contributed by atoms with Crippen LogP contribution in [0, 0.1) is 0 Å². The fourth-order valence-corrected chi connectivity index (χ4v) is 2.25. The first-order valence-electron chi connectivity index (χ1n) is 7.18. The van der Waals surface area contributed by atoms with Crippen LogP contribution in [0.2, 0.25) is 0 Å². The first kappa shape index (κ1) is 15.9. The zero-order valence-electron chi connectivity index (χ0n) is 13.2. The van der Waals surface area contributed by atoms with Crippen LogP contribution < -0.4 is 5.32 Å². The Morgan fingerprint density at radius 3 is 2.86 bits per heavy atom. The molecular formula is C14H24N4O3. The summed E-state index contributed by atoms with van der Waals surface area (Å²) in [6, 6.07) is 0. The first-order chi connectivity index (χ1) is 9.86. The second-order valence-electron chi connectivity index (χ2n) is 6.46. The van der Waals surface area contributed by atoms with Crippen LogP contribution in [-0.2, 0) is 15.0 Å². The number of aromatic nitrogens is 3. The van der Waals surface area contributed by atoms with Crippen molar-refractivity contribution in [1.82, 2.24) is 20.1 Å². The third-order valence-corrected chi connectivity index (χ3v) is 3.65. The van der Waals surface area contributed by atoms with Crippen molar-refractivity contribution in [1.29, 1.82) is 0 Å². The molecule has 1 unspecified atom stereocenters. The second kappa shape index (κ2) is 6.11. The van der Waals surface area contributed by atoms with Gasteiger partial charge in [0.15, 0.2) is 0 Å². The van der Waals surface area contributed by atoms with Crippen LogP contribution in [0.3, 0.4) is 0 Å². The normalized spacial score (nSPS) is 22.5. The Bertz CT molecular complexity index is 487. The number of nitrogens with one attached hydrogen (secondary N) is 1. The second-order valence-corrected chi connectivity index (χ2v) is 6.46. The van der Waals surface area contributed by atoms with E-state index in [9.17, 15) is 4.79 Å². The summed E-state index contributed by atoms with van der Waals surface area (Å²) < 4.78 is 12.2. The Balaban J connectivity index is 2.07. The zero-order valence-corrected chi connectivity index (χ0v) is 13.2. The van der Waals surface area contributed by atoms with Gasteiger partial charge in [0.1, 0.15) is 6.33 Å². The van der Waals surface area contributed by atoms with E-state index < -0.39 is 0 Å². The van der Waals surface area contributed by atoms with E-state index in [4.69, 9.17) is 9.47 Å². The van der Waals surface area contributed by atoms with E-state index in [0.717, 1.165) is 12.8 Å². The van der Waals surface area contributed by atoms with E-state index in [1.807, 2.05) is 20.8 Å². The molecule has 7 nitrogen and oxygen atoms in total. The Kier molecular flexibility index (Phi) is 4.63. The minimum absolute atomic E-state index is 0.189. The molecule has 118 valence electrons. The molecule has 0 aliphatic carbocycles. The third kappa shape index (κ3) is 3.79. The van der Waals surface area contributed by atoms with E-state index in [1.165, 1.54) is 0 Å². The van der Waals surface area contributed by atoms with Crippen LogP contribution in [-0.4, -0.2) is 53.1 Å². The summed E-state index contributed by atoms with van der Waals surface area (Å²) >= 11 is 0. The van der Waals surface area contributed by atoms with Gasteiger partial charge >= 0.3 is 0 Å². The Morgan fingerprint density at radius 2 is 2.33 bits per heavy atom. The van der Waals surface area contributed by atoms with Gasteiger partial charge in [-0.05, 0) is 33.6 Å². The van der Waals surface area contributed by atoms with Gasteiger partial charge in [0.05, 0.1) is 17.7 Å². The Labute approximate surface area is 125 Å². The van der Waals surface area contributed by atoms with Crippen LogP contribution in [0.5, 0.6) is 0 Å². The van der Waals surface area contributed by atoms with Crippen molar-refractivity contribution in [2.24, 2.45) is 0 Å². The monoisotopic (exact) mass is 296 g/mol. The van der Waals surface area contributed by atoms with Gasteiger partial charge in [0.25, 0.3) is 5.91 Å². The molecule has 1 aromatic heterocycles. The summed E-state index contributed by atoms with van der Waals surface area (Å²) in [5.41, 5.74) is -0.573. The maximum atomic E-state index is 12.4. The SMILES string of the molecule is COCCC1(NC(=O)c2ncn(C(C)(C)C)n2)CCOC1. The summed E-state index contributed by atoms with van der Waals surface area (Å²) in [5, 5.41) is 7.28. The maximum absolute atomic E-state index is 12.4. The molecule has 0 spiro atoms. The van der Waals surface area contributed by atoms with Crippen LogP contribution in [0.15, 0.2) is 6.33 Å². The lowest BCUT2D eigenvalue weighted by Gasteiger charge is -2.27. The van der Waals surface area contributed by atoms with Crippen molar-refractivity contribution in [3.63, 3.8) is 0 Å². The number of carbonyl (C=O) groups is 1. The third-order valence-electron chi connectivity index (χ3n) is 3.65. The highest BCUT2D eigenvalue weighted by molar-refractivity contribution is 5.90. The molecule has 1 amide bonds. The molecule has 1 N–H and O–H groups in total. The quantitative estimate of drug-likeness (QED) is 0.875. The summed E-state index contributed by atoms with van der Waals surface area (Å²) in [7, 11) is 1.65. The minimum atomic E-state index is -0.375. The van der Waals surface area contributed by atoms with Crippen molar-refractivity contribution >= 4 is 5.91 Å². The van der Waals surface area contributed by atoms with E-state index in [0.29, 0.717) is 19.8 Å². The number of methoxy groups -OCH3 is 1. The molecule has 21 heavy (non-hydrogen) atoms. The number of rotatable bonds is 5. The molecule has 1 saturated heterocycles. The maximum Gasteiger partial charge on any atom is 0.291 e. The molecule has 0 aromatic carbocycles. The lowest BCUT2D eigenvalue weighted by Crippen LogP contribution is -2.50. The minimum Gasteiger partial charge on any atom is -0.385 e. The average molecular weight is 296 g/mol. The van der Waals surface area contributed by atoms with Crippen molar-refractivity contribution in [3.05, 3.63) is 12.2 Å². The lowest BCUT2D eigenvalue weighted by molar-refractivity contribution is 0.0818.